The lowest BCUT2D eigenvalue weighted by Gasteiger charge is -2.38. The Morgan fingerprint density at radius 2 is 1.67 bits per heavy atom. The Morgan fingerprint density at radius 3 is 2.17 bits per heavy atom. The number of aliphatic hydroxyl groups is 4. The van der Waals surface area contributed by atoms with Gasteiger partial charge in [0.25, 0.3) is 0 Å². The first-order valence-corrected chi connectivity index (χ1v) is 4.23. The van der Waals surface area contributed by atoms with E-state index < -0.39 is 18.3 Å². The summed E-state index contributed by atoms with van der Waals surface area (Å²) in [5.74, 6) is -0.376. The van der Waals surface area contributed by atoms with E-state index in [-0.39, 0.29) is 18.4 Å². The van der Waals surface area contributed by atoms with Crippen LogP contribution < -0.4 is 0 Å². The Labute approximate surface area is 71.5 Å². The highest BCUT2D eigenvalue weighted by Gasteiger charge is 2.40. The second-order valence-corrected chi connectivity index (χ2v) is 3.63. The maximum Gasteiger partial charge on any atom is 0.106 e. The molecule has 1 saturated carbocycles. The molecule has 0 unspecified atom stereocenters. The summed E-state index contributed by atoms with van der Waals surface area (Å²) in [6.45, 7) is 1.65. The Bertz CT molecular complexity index is 145. The maximum atomic E-state index is 9.36. The number of rotatable bonds is 1. The van der Waals surface area contributed by atoms with Crippen LogP contribution in [0.5, 0.6) is 0 Å². The second-order valence-electron chi connectivity index (χ2n) is 3.63. The summed E-state index contributed by atoms with van der Waals surface area (Å²) in [6.07, 6.45) is -2.44. The van der Waals surface area contributed by atoms with Crippen LogP contribution in [-0.4, -0.2) is 45.3 Å². The summed E-state index contributed by atoms with van der Waals surface area (Å²) in [5.41, 5.74) is 0. The monoisotopic (exact) mass is 176 g/mol. The predicted molar refractivity (Wildman–Crippen MR) is 42.4 cm³/mol. The number of hydrogen-bond acceptors (Lipinski definition) is 4. The van der Waals surface area contributed by atoms with E-state index in [1.54, 1.807) is 6.92 Å². The molecule has 1 rings (SSSR count). The molecule has 1 aliphatic carbocycles. The van der Waals surface area contributed by atoms with Gasteiger partial charge in [0.15, 0.2) is 0 Å². The van der Waals surface area contributed by atoms with E-state index in [2.05, 4.69) is 0 Å². The molecular formula is C8H16O4. The molecule has 0 aromatic carbocycles. The van der Waals surface area contributed by atoms with Crippen molar-refractivity contribution in [3.05, 3.63) is 0 Å². The molecule has 0 amide bonds. The Morgan fingerprint density at radius 1 is 1.08 bits per heavy atom. The molecular weight excluding hydrogens is 160 g/mol. The van der Waals surface area contributed by atoms with Crippen molar-refractivity contribution in [2.75, 3.05) is 6.61 Å². The minimum Gasteiger partial charge on any atom is -0.396 e. The minimum atomic E-state index is -1.12. The Hall–Kier alpha value is -0.160. The molecule has 5 atom stereocenters. The molecule has 0 spiro atoms. The van der Waals surface area contributed by atoms with E-state index in [0.717, 1.165) is 0 Å². The summed E-state index contributed by atoms with van der Waals surface area (Å²) in [5, 5.41) is 36.8. The van der Waals surface area contributed by atoms with E-state index >= 15 is 0 Å². The van der Waals surface area contributed by atoms with Crippen molar-refractivity contribution in [3.63, 3.8) is 0 Å². The van der Waals surface area contributed by atoms with Crippen molar-refractivity contribution >= 4 is 0 Å². The lowest BCUT2D eigenvalue weighted by Crippen LogP contribution is -2.51. The van der Waals surface area contributed by atoms with Crippen molar-refractivity contribution in [2.24, 2.45) is 11.8 Å². The SMILES string of the molecule is C[C@@H]1C[C@H](CO)[C@H](O)[C@H](O)[C@H]1O. The normalized spacial score (nSPS) is 49.2. The summed E-state index contributed by atoms with van der Waals surface area (Å²) in [4.78, 5) is 0. The average Bonchev–Trinajstić information content (AvgIpc) is 2.08. The van der Waals surface area contributed by atoms with Crippen LogP contribution in [0.25, 0.3) is 0 Å². The molecule has 4 N–H and O–H groups in total. The van der Waals surface area contributed by atoms with E-state index in [0.29, 0.717) is 6.42 Å². The van der Waals surface area contributed by atoms with Crippen molar-refractivity contribution in [2.45, 2.75) is 31.7 Å². The first-order chi connectivity index (χ1) is 5.57. The summed E-state index contributed by atoms with van der Waals surface area (Å²) < 4.78 is 0. The van der Waals surface area contributed by atoms with Crippen LogP contribution in [0.2, 0.25) is 0 Å². The third-order valence-electron chi connectivity index (χ3n) is 2.67. The van der Waals surface area contributed by atoms with Gasteiger partial charge in [-0.2, -0.15) is 0 Å². The first-order valence-electron chi connectivity index (χ1n) is 4.23. The Kier molecular flexibility index (Phi) is 3.06. The molecule has 0 bridgehead atoms. The first kappa shape index (κ1) is 9.92. The second kappa shape index (κ2) is 3.70. The van der Waals surface area contributed by atoms with Gasteiger partial charge in [0.05, 0.1) is 12.2 Å². The maximum absolute atomic E-state index is 9.36. The van der Waals surface area contributed by atoms with Crippen LogP contribution in [0.1, 0.15) is 13.3 Å². The zero-order chi connectivity index (χ0) is 9.30. The van der Waals surface area contributed by atoms with Gasteiger partial charge in [0.2, 0.25) is 0 Å². The van der Waals surface area contributed by atoms with Gasteiger partial charge in [0.1, 0.15) is 6.10 Å². The van der Waals surface area contributed by atoms with Crippen LogP contribution in [-0.2, 0) is 0 Å². The highest BCUT2D eigenvalue weighted by Crippen LogP contribution is 2.29. The van der Waals surface area contributed by atoms with Gasteiger partial charge in [-0.15, -0.1) is 0 Å². The van der Waals surface area contributed by atoms with Gasteiger partial charge in [0, 0.05) is 12.5 Å². The molecule has 0 saturated heterocycles. The van der Waals surface area contributed by atoms with Gasteiger partial charge < -0.3 is 20.4 Å². The van der Waals surface area contributed by atoms with Crippen LogP contribution in [0.4, 0.5) is 0 Å². The zero-order valence-corrected chi connectivity index (χ0v) is 7.09. The fourth-order valence-electron chi connectivity index (χ4n) is 1.76. The molecule has 1 aliphatic rings. The minimum absolute atomic E-state index is 0.0689. The van der Waals surface area contributed by atoms with Gasteiger partial charge in [-0.1, -0.05) is 6.92 Å². The fourth-order valence-corrected chi connectivity index (χ4v) is 1.76. The zero-order valence-electron chi connectivity index (χ0n) is 7.09. The van der Waals surface area contributed by atoms with Crippen LogP contribution in [0.15, 0.2) is 0 Å². The van der Waals surface area contributed by atoms with E-state index in [9.17, 15) is 15.3 Å². The summed E-state index contributed by atoms with van der Waals surface area (Å²) in [7, 11) is 0. The van der Waals surface area contributed by atoms with Gasteiger partial charge in [-0.25, -0.2) is 0 Å². The van der Waals surface area contributed by atoms with Crippen molar-refractivity contribution in [1.82, 2.24) is 0 Å². The van der Waals surface area contributed by atoms with Gasteiger partial charge in [-0.3, -0.25) is 0 Å². The lowest BCUT2D eigenvalue weighted by atomic mass is 9.77. The highest BCUT2D eigenvalue weighted by molar-refractivity contribution is 4.90. The third kappa shape index (κ3) is 1.61. The smallest absolute Gasteiger partial charge is 0.106 e. The van der Waals surface area contributed by atoms with Crippen LogP contribution in [0.3, 0.4) is 0 Å². The van der Waals surface area contributed by atoms with Crippen molar-refractivity contribution in [3.8, 4) is 0 Å². The molecule has 0 aliphatic heterocycles. The summed E-state index contributed by atoms with van der Waals surface area (Å²) in [6, 6.07) is 0. The van der Waals surface area contributed by atoms with Gasteiger partial charge >= 0.3 is 0 Å². The molecule has 0 aromatic rings. The molecule has 0 heterocycles. The molecule has 1 fully saturated rings. The molecule has 4 heteroatoms. The predicted octanol–water partition coefficient (Wildman–Crippen LogP) is -1.28. The van der Waals surface area contributed by atoms with Crippen LogP contribution in [0, 0.1) is 11.8 Å². The third-order valence-corrected chi connectivity index (χ3v) is 2.67. The van der Waals surface area contributed by atoms with Crippen molar-refractivity contribution < 1.29 is 20.4 Å². The highest BCUT2D eigenvalue weighted by atomic mass is 16.4. The average molecular weight is 176 g/mol. The lowest BCUT2D eigenvalue weighted by molar-refractivity contribution is -0.138. The molecule has 4 nitrogen and oxygen atoms in total. The standard InChI is InChI=1S/C8H16O4/c1-4-2-5(3-9)7(11)8(12)6(4)10/h4-12H,2-3H2,1H3/t4-,5-,6+,7+,8-/m1/s1. The van der Waals surface area contributed by atoms with E-state index in [1.807, 2.05) is 0 Å². The quantitative estimate of drug-likeness (QED) is 0.401. The topological polar surface area (TPSA) is 80.9 Å². The Balaban J connectivity index is 2.63. The van der Waals surface area contributed by atoms with E-state index in [4.69, 9.17) is 5.11 Å². The molecule has 0 radical (unpaired) electrons. The fraction of sp³-hybridized carbons (Fsp3) is 1.00. The van der Waals surface area contributed by atoms with Crippen molar-refractivity contribution in [1.29, 1.82) is 0 Å². The largest absolute Gasteiger partial charge is 0.396 e. The molecule has 0 aromatic heterocycles. The molecule has 72 valence electrons. The number of aliphatic hydroxyl groups excluding tert-OH is 4. The van der Waals surface area contributed by atoms with Gasteiger partial charge in [-0.05, 0) is 12.3 Å². The van der Waals surface area contributed by atoms with E-state index in [1.165, 1.54) is 0 Å². The summed E-state index contributed by atoms with van der Waals surface area (Å²) >= 11 is 0. The number of hydrogen-bond donors (Lipinski definition) is 4. The van der Waals surface area contributed by atoms with Crippen LogP contribution >= 0.6 is 0 Å². The molecule has 12 heavy (non-hydrogen) atoms.